The maximum atomic E-state index is 11.6. The van der Waals surface area contributed by atoms with Crippen LogP contribution in [0, 0.1) is 0 Å². The number of hydrogen-bond acceptors (Lipinski definition) is 3. The van der Waals surface area contributed by atoms with Gasteiger partial charge >= 0.3 is 0 Å². The van der Waals surface area contributed by atoms with E-state index in [9.17, 15) is 9.59 Å². The monoisotopic (exact) mass is 305 g/mol. The molecule has 0 saturated carbocycles. The molecule has 1 aliphatic rings. The molecule has 3 rings (SSSR count). The van der Waals surface area contributed by atoms with Gasteiger partial charge in [-0.05, 0) is 35.4 Å². The summed E-state index contributed by atoms with van der Waals surface area (Å²) in [5.74, 6) is 0.202. The van der Waals surface area contributed by atoms with Gasteiger partial charge in [0.05, 0.1) is 12.8 Å². The summed E-state index contributed by atoms with van der Waals surface area (Å²) in [6, 6.07) is 15.0. The van der Waals surface area contributed by atoms with Crippen molar-refractivity contribution in [3.63, 3.8) is 0 Å². The highest BCUT2D eigenvalue weighted by atomic mass is 16.5. The first-order valence-corrected chi connectivity index (χ1v) is 7.16. The predicted octanol–water partition coefficient (Wildman–Crippen LogP) is 3.30. The van der Waals surface area contributed by atoms with Crippen LogP contribution in [0.3, 0.4) is 0 Å². The lowest BCUT2D eigenvalue weighted by atomic mass is 10.1. The van der Waals surface area contributed by atoms with E-state index < -0.39 is 0 Å². The van der Waals surface area contributed by atoms with Crippen LogP contribution in [0.4, 0.5) is 5.69 Å². The molecular formula is C19H15NO3. The second kappa shape index (κ2) is 6.32. The molecule has 2 amide bonds. The lowest BCUT2D eigenvalue weighted by molar-refractivity contribution is -0.119. The van der Waals surface area contributed by atoms with Crippen LogP contribution in [-0.2, 0) is 9.59 Å². The standard InChI is InChI=1S/C19H15NO3/c1-23-17-10-6-15(7-11-17)3-2-14-4-8-16(9-5-14)20-18(21)12-13-19(20)22/h2-13H,1H3. The van der Waals surface area contributed by atoms with Crippen molar-refractivity contribution >= 4 is 29.7 Å². The van der Waals surface area contributed by atoms with Gasteiger partial charge in [-0.15, -0.1) is 0 Å². The topological polar surface area (TPSA) is 46.6 Å². The van der Waals surface area contributed by atoms with Gasteiger partial charge in [-0.3, -0.25) is 9.59 Å². The zero-order valence-electron chi connectivity index (χ0n) is 12.6. The zero-order valence-corrected chi connectivity index (χ0v) is 12.6. The molecule has 4 heteroatoms. The van der Waals surface area contributed by atoms with Crippen LogP contribution >= 0.6 is 0 Å². The van der Waals surface area contributed by atoms with Crippen molar-refractivity contribution in [2.75, 3.05) is 12.0 Å². The van der Waals surface area contributed by atoms with Crippen molar-refractivity contribution in [3.8, 4) is 5.75 Å². The molecule has 0 aromatic heterocycles. The molecule has 23 heavy (non-hydrogen) atoms. The van der Waals surface area contributed by atoms with Gasteiger partial charge in [-0.1, -0.05) is 36.4 Å². The highest BCUT2D eigenvalue weighted by Crippen LogP contribution is 2.20. The van der Waals surface area contributed by atoms with E-state index in [1.165, 1.54) is 12.2 Å². The highest BCUT2D eigenvalue weighted by Gasteiger charge is 2.24. The van der Waals surface area contributed by atoms with Crippen LogP contribution in [0.2, 0.25) is 0 Å². The van der Waals surface area contributed by atoms with Crippen molar-refractivity contribution in [1.29, 1.82) is 0 Å². The van der Waals surface area contributed by atoms with Crippen molar-refractivity contribution in [2.45, 2.75) is 0 Å². The van der Waals surface area contributed by atoms with E-state index in [0.717, 1.165) is 21.8 Å². The third kappa shape index (κ3) is 3.21. The molecule has 0 N–H and O–H groups in total. The molecule has 0 atom stereocenters. The Morgan fingerprint density at radius 1 is 0.783 bits per heavy atom. The van der Waals surface area contributed by atoms with E-state index in [1.54, 1.807) is 19.2 Å². The number of rotatable bonds is 4. The van der Waals surface area contributed by atoms with Crippen LogP contribution in [0.1, 0.15) is 11.1 Å². The fraction of sp³-hybridized carbons (Fsp3) is 0.0526. The van der Waals surface area contributed by atoms with Crippen LogP contribution in [0.15, 0.2) is 60.7 Å². The number of carbonyl (C=O) groups excluding carboxylic acids is 2. The van der Waals surface area contributed by atoms with Gasteiger partial charge in [0.1, 0.15) is 5.75 Å². The van der Waals surface area contributed by atoms with Gasteiger partial charge in [0, 0.05) is 12.2 Å². The van der Waals surface area contributed by atoms with Gasteiger partial charge in [0.25, 0.3) is 11.8 Å². The predicted molar refractivity (Wildman–Crippen MR) is 90.0 cm³/mol. The molecule has 1 heterocycles. The number of carbonyl (C=O) groups is 2. The largest absolute Gasteiger partial charge is 0.497 e. The van der Waals surface area contributed by atoms with E-state index in [4.69, 9.17) is 4.74 Å². The third-order valence-electron chi connectivity index (χ3n) is 3.54. The van der Waals surface area contributed by atoms with Crippen LogP contribution in [-0.4, -0.2) is 18.9 Å². The molecule has 4 nitrogen and oxygen atoms in total. The Hall–Kier alpha value is -3.14. The molecule has 2 aromatic rings. The van der Waals surface area contributed by atoms with Crippen molar-refractivity contribution < 1.29 is 14.3 Å². The van der Waals surface area contributed by atoms with E-state index in [-0.39, 0.29) is 11.8 Å². The molecule has 0 bridgehead atoms. The van der Waals surface area contributed by atoms with Crippen molar-refractivity contribution in [2.24, 2.45) is 0 Å². The summed E-state index contributed by atoms with van der Waals surface area (Å²) >= 11 is 0. The highest BCUT2D eigenvalue weighted by molar-refractivity contribution is 6.28. The summed E-state index contributed by atoms with van der Waals surface area (Å²) in [5.41, 5.74) is 2.62. The minimum atomic E-state index is -0.309. The summed E-state index contributed by atoms with van der Waals surface area (Å²) in [5, 5.41) is 0. The van der Waals surface area contributed by atoms with Crippen LogP contribution in [0.25, 0.3) is 12.2 Å². The second-order valence-electron chi connectivity index (χ2n) is 5.04. The molecule has 0 radical (unpaired) electrons. The Labute approximate surface area is 134 Å². The van der Waals surface area contributed by atoms with E-state index in [1.807, 2.05) is 48.6 Å². The Morgan fingerprint density at radius 2 is 1.26 bits per heavy atom. The zero-order chi connectivity index (χ0) is 16.2. The number of amides is 2. The molecule has 1 aliphatic heterocycles. The number of nitrogens with zero attached hydrogens (tertiary/aromatic N) is 1. The Kier molecular flexibility index (Phi) is 4.06. The van der Waals surface area contributed by atoms with Gasteiger partial charge in [0.2, 0.25) is 0 Å². The van der Waals surface area contributed by atoms with E-state index in [0.29, 0.717) is 5.69 Å². The van der Waals surface area contributed by atoms with Gasteiger partial charge in [0.15, 0.2) is 0 Å². The van der Waals surface area contributed by atoms with E-state index >= 15 is 0 Å². The summed E-state index contributed by atoms with van der Waals surface area (Å²) in [4.78, 5) is 24.4. The molecule has 0 spiro atoms. The minimum Gasteiger partial charge on any atom is -0.497 e. The second-order valence-corrected chi connectivity index (χ2v) is 5.04. The molecule has 0 saturated heterocycles. The Balaban J connectivity index is 1.73. The van der Waals surface area contributed by atoms with Crippen LogP contribution < -0.4 is 9.64 Å². The molecule has 0 unspecified atom stereocenters. The average Bonchev–Trinajstić information content (AvgIpc) is 2.93. The molecule has 0 aliphatic carbocycles. The first-order valence-electron chi connectivity index (χ1n) is 7.16. The number of methoxy groups -OCH3 is 1. The van der Waals surface area contributed by atoms with Crippen molar-refractivity contribution in [3.05, 3.63) is 71.8 Å². The fourth-order valence-corrected chi connectivity index (χ4v) is 2.30. The molecule has 0 fully saturated rings. The normalized spacial score (nSPS) is 14.0. The molecular weight excluding hydrogens is 290 g/mol. The maximum Gasteiger partial charge on any atom is 0.258 e. The van der Waals surface area contributed by atoms with Crippen LogP contribution in [0.5, 0.6) is 5.75 Å². The average molecular weight is 305 g/mol. The van der Waals surface area contributed by atoms with Gasteiger partial charge in [-0.25, -0.2) is 4.90 Å². The Morgan fingerprint density at radius 3 is 1.74 bits per heavy atom. The summed E-state index contributed by atoms with van der Waals surface area (Å²) in [7, 11) is 1.64. The molecule has 114 valence electrons. The van der Waals surface area contributed by atoms with Gasteiger partial charge in [-0.2, -0.15) is 0 Å². The summed E-state index contributed by atoms with van der Waals surface area (Å²) < 4.78 is 5.12. The SMILES string of the molecule is COc1ccc(C=Cc2ccc(N3C(=O)C=CC3=O)cc2)cc1. The first kappa shape index (κ1) is 14.8. The summed E-state index contributed by atoms with van der Waals surface area (Å²) in [6.45, 7) is 0. The third-order valence-corrected chi connectivity index (χ3v) is 3.54. The number of hydrogen-bond donors (Lipinski definition) is 0. The van der Waals surface area contributed by atoms with Gasteiger partial charge < -0.3 is 4.74 Å². The first-order chi connectivity index (χ1) is 11.2. The lowest BCUT2D eigenvalue weighted by Gasteiger charge is -2.13. The lowest BCUT2D eigenvalue weighted by Crippen LogP contribution is -2.29. The smallest absolute Gasteiger partial charge is 0.258 e. The Bertz CT molecular complexity index is 768. The fourth-order valence-electron chi connectivity index (χ4n) is 2.30. The number of benzene rings is 2. The number of ether oxygens (including phenoxy) is 1. The molecule has 2 aromatic carbocycles. The summed E-state index contributed by atoms with van der Waals surface area (Å²) in [6.07, 6.45) is 6.51. The quantitative estimate of drug-likeness (QED) is 0.643. The van der Waals surface area contributed by atoms with E-state index in [2.05, 4.69) is 0 Å². The maximum absolute atomic E-state index is 11.6. The number of imide groups is 1. The minimum absolute atomic E-state index is 0.309. The van der Waals surface area contributed by atoms with Crippen molar-refractivity contribution in [1.82, 2.24) is 0 Å². The number of anilines is 1.